The molecule has 0 aromatic carbocycles. The van der Waals surface area contributed by atoms with Crippen LogP contribution in [0.3, 0.4) is 0 Å². The van der Waals surface area contributed by atoms with E-state index in [1.54, 1.807) is 13.1 Å². The molecule has 1 aromatic heterocycles. The van der Waals surface area contributed by atoms with Gasteiger partial charge >= 0.3 is 0 Å². The number of nitrogens with two attached hydrogens (primary N) is 1. The Labute approximate surface area is 172 Å². The fourth-order valence-corrected chi connectivity index (χ4v) is 2.94. The van der Waals surface area contributed by atoms with Crippen LogP contribution < -0.4 is 11.1 Å². The van der Waals surface area contributed by atoms with Crippen LogP contribution in [0.4, 0.5) is 0 Å². The highest BCUT2D eigenvalue weighted by molar-refractivity contribution is 6.29. The summed E-state index contributed by atoms with van der Waals surface area (Å²) >= 11 is 6.16. The van der Waals surface area contributed by atoms with Gasteiger partial charge in [-0.15, -0.1) is 0 Å². The van der Waals surface area contributed by atoms with E-state index in [0.717, 1.165) is 67.0 Å². The van der Waals surface area contributed by atoms with E-state index in [1.807, 2.05) is 18.3 Å². The number of hydrogen-bond donors (Lipinski definition) is 3. The van der Waals surface area contributed by atoms with Gasteiger partial charge in [-0.25, -0.2) is 9.98 Å². The molecule has 1 saturated heterocycles. The fraction of sp³-hybridized carbons (Fsp3) is 0.333. The Morgan fingerprint density at radius 3 is 2.75 bits per heavy atom. The highest BCUT2D eigenvalue weighted by atomic mass is 35.5. The quantitative estimate of drug-likeness (QED) is 0.535. The highest BCUT2D eigenvalue weighted by Crippen LogP contribution is 2.21. The van der Waals surface area contributed by atoms with Crippen LogP contribution in [0.15, 0.2) is 65.6 Å². The Hall–Kier alpha value is -2.57. The third-order valence-corrected chi connectivity index (χ3v) is 4.33. The second kappa shape index (κ2) is 11.3. The molecule has 4 N–H and O–H groups in total. The molecule has 0 bridgehead atoms. The summed E-state index contributed by atoms with van der Waals surface area (Å²) in [6, 6.07) is 0. The molecular formula is C21H29ClN6. The summed E-state index contributed by atoms with van der Waals surface area (Å²) in [4.78, 5) is 14.6. The van der Waals surface area contributed by atoms with Gasteiger partial charge in [0, 0.05) is 37.4 Å². The average molecular weight is 401 g/mol. The van der Waals surface area contributed by atoms with Crippen molar-refractivity contribution in [2.24, 2.45) is 10.7 Å². The minimum absolute atomic E-state index is 0.667. The number of hydrogen-bond acceptors (Lipinski definition) is 4. The van der Waals surface area contributed by atoms with Crippen molar-refractivity contribution in [1.82, 2.24) is 20.2 Å². The normalized spacial score (nSPS) is 22.4. The second-order valence-electron chi connectivity index (χ2n) is 6.54. The number of aromatic amines is 1. The third kappa shape index (κ3) is 6.87. The Kier molecular flexibility index (Phi) is 8.78. The number of amidine groups is 1. The predicted octanol–water partition coefficient (Wildman–Crippen LogP) is 3.54. The summed E-state index contributed by atoms with van der Waals surface area (Å²) in [7, 11) is 0. The molecule has 1 fully saturated rings. The Balaban J connectivity index is 0.000000640. The summed E-state index contributed by atoms with van der Waals surface area (Å²) in [6.45, 7) is 12.5. The number of halogens is 1. The van der Waals surface area contributed by atoms with E-state index in [0.29, 0.717) is 5.70 Å². The van der Waals surface area contributed by atoms with Crippen molar-refractivity contribution < 1.29 is 0 Å². The second-order valence-corrected chi connectivity index (χ2v) is 7.03. The van der Waals surface area contributed by atoms with Gasteiger partial charge in [0.1, 0.15) is 0 Å². The molecule has 0 amide bonds. The van der Waals surface area contributed by atoms with Gasteiger partial charge < -0.3 is 20.9 Å². The van der Waals surface area contributed by atoms with Crippen LogP contribution in [0, 0.1) is 0 Å². The van der Waals surface area contributed by atoms with Gasteiger partial charge in [-0.3, -0.25) is 0 Å². The number of nitrogens with zero attached hydrogens (tertiary/aromatic N) is 3. The van der Waals surface area contributed by atoms with Crippen LogP contribution in [-0.4, -0.2) is 46.9 Å². The molecule has 1 aromatic rings. The number of H-pyrrole nitrogens is 1. The maximum Gasteiger partial charge on any atom is 0.173 e. The maximum atomic E-state index is 6.16. The monoisotopic (exact) mass is 400 g/mol. The minimum Gasteiger partial charge on any atom is -0.403 e. The van der Waals surface area contributed by atoms with Crippen molar-refractivity contribution >= 4 is 23.0 Å². The zero-order valence-electron chi connectivity index (χ0n) is 16.4. The summed E-state index contributed by atoms with van der Waals surface area (Å²) in [5.74, 6) is 1.60. The third-order valence-electron chi connectivity index (χ3n) is 4.02. The number of piperazine rings is 1. The van der Waals surface area contributed by atoms with Gasteiger partial charge in [-0.2, -0.15) is 0 Å². The fourth-order valence-electron chi connectivity index (χ4n) is 2.77. The average Bonchev–Trinajstić information content (AvgIpc) is 3.13. The zero-order valence-corrected chi connectivity index (χ0v) is 17.2. The lowest BCUT2D eigenvalue weighted by Gasteiger charge is -2.29. The lowest BCUT2D eigenvalue weighted by molar-refractivity contribution is 0.357. The van der Waals surface area contributed by atoms with Crippen LogP contribution in [-0.2, 0) is 0 Å². The lowest BCUT2D eigenvalue weighted by Crippen LogP contribution is -2.47. The summed E-state index contributed by atoms with van der Waals surface area (Å²) < 4.78 is 0. The molecule has 1 aliphatic heterocycles. The minimum atomic E-state index is 0.667. The first-order valence-corrected chi connectivity index (χ1v) is 9.73. The zero-order chi connectivity index (χ0) is 20.4. The van der Waals surface area contributed by atoms with E-state index in [-0.39, 0.29) is 0 Å². The van der Waals surface area contributed by atoms with Gasteiger partial charge in [0.05, 0.1) is 11.9 Å². The topological polar surface area (TPSA) is 82.3 Å². The molecule has 0 unspecified atom stereocenters. The molecule has 3 rings (SSSR count). The van der Waals surface area contributed by atoms with Crippen LogP contribution in [0.1, 0.15) is 31.3 Å². The van der Waals surface area contributed by atoms with Crippen LogP contribution in [0.5, 0.6) is 0 Å². The smallest absolute Gasteiger partial charge is 0.173 e. The first-order valence-electron chi connectivity index (χ1n) is 9.35. The lowest BCUT2D eigenvalue weighted by atomic mass is 10.1. The molecule has 150 valence electrons. The van der Waals surface area contributed by atoms with E-state index >= 15 is 0 Å². The number of aromatic nitrogens is 2. The molecule has 0 radical (unpaired) electrons. The van der Waals surface area contributed by atoms with E-state index in [2.05, 4.69) is 50.5 Å². The molecule has 28 heavy (non-hydrogen) atoms. The van der Waals surface area contributed by atoms with Crippen molar-refractivity contribution in [1.29, 1.82) is 0 Å². The van der Waals surface area contributed by atoms with Crippen LogP contribution in [0.25, 0.3) is 5.57 Å². The van der Waals surface area contributed by atoms with Crippen molar-refractivity contribution in [2.45, 2.75) is 19.8 Å². The van der Waals surface area contributed by atoms with Crippen molar-refractivity contribution in [3.8, 4) is 0 Å². The number of aliphatic imine (C=N–C) groups is 1. The summed E-state index contributed by atoms with van der Waals surface area (Å²) in [6.07, 6.45) is 13.4. The van der Waals surface area contributed by atoms with E-state index in [4.69, 9.17) is 17.3 Å². The maximum absolute atomic E-state index is 6.16. The standard InChI is InChI=1S/C18H22ClN5.C3H7N/c1-2-21-18(24-11-9-20-10-12-24)17-22-13-16(23-17)14-5-3-4-6-15(19)8-7-14;1-3(2)4/h2-3,5,7-8,13,20H,1,4,6,9-12H2,(H,22,23);1,4H2,2H3/b5-3-,14-7+,15-8+,21-18?;. The highest BCUT2D eigenvalue weighted by Gasteiger charge is 2.19. The molecule has 0 spiro atoms. The van der Waals surface area contributed by atoms with E-state index in [1.165, 1.54) is 0 Å². The van der Waals surface area contributed by atoms with Crippen molar-refractivity contribution in [3.63, 3.8) is 0 Å². The largest absolute Gasteiger partial charge is 0.403 e. The van der Waals surface area contributed by atoms with Crippen molar-refractivity contribution in [2.75, 3.05) is 26.2 Å². The van der Waals surface area contributed by atoms with E-state index in [9.17, 15) is 0 Å². The van der Waals surface area contributed by atoms with Crippen LogP contribution >= 0.6 is 11.6 Å². The molecule has 2 aliphatic rings. The van der Waals surface area contributed by atoms with E-state index < -0.39 is 0 Å². The number of imidazole rings is 1. The predicted molar refractivity (Wildman–Crippen MR) is 119 cm³/mol. The van der Waals surface area contributed by atoms with Crippen molar-refractivity contribution in [3.05, 3.63) is 72.1 Å². The Morgan fingerprint density at radius 1 is 1.36 bits per heavy atom. The molecule has 7 heteroatoms. The Bertz CT molecular complexity index is 790. The molecule has 0 saturated carbocycles. The molecule has 6 nitrogen and oxygen atoms in total. The number of nitrogens with one attached hydrogen (secondary N) is 2. The molecular weight excluding hydrogens is 372 g/mol. The number of rotatable bonds is 3. The first-order chi connectivity index (χ1) is 13.5. The SMILES string of the molecule is C=C(C)N.C=CN=C(c1ncc(C2=C/C=C(/Cl)CC/C=C\2)[nH]1)N1CCNCC1. The van der Waals surface area contributed by atoms with Crippen LogP contribution in [0.2, 0.25) is 0 Å². The molecule has 1 aliphatic carbocycles. The summed E-state index contributed by atoms with van der Waals surface area (Å²) in [5.41, 5.74) is 7.60. The molecule has 2 heterocycles. The van der Waals surface area contributed by atoms with Gasteiger partial charge in [0.15, 0.2) is 11.7 Å². The summed E-state index contributed by atoms with van der Waals surface area (Å²) in [5, 5.41) is 4.21. The van der Waals surface area contributed by atoms with Gasteiger partial charge in [0.2, 0.25) is 0 Å². The first kappa shape index (κ1) is 21.7. The number of allylic oxidation sites excluding steroid dienone is 7. The molecule has 0 atom stereocenters. The van der Waals surface area contributed by atoms with Gasteiger partial charge in [0.25, 0.3) is 0 Å². The Morgan fingerprint density at radius 2 is 2.07 bits per heavy atom. The van der Waals surface area contributed by atoms with Gasteiger partial charge in [-0.05, 0) is 37.1 Å². The van der Waals surface area contributed by atoms with Gasteiger partial charge in [-0.1, -0.05) is 43.0 Å².